The summed E-state index contributed by atoms with van der Waals surface area (Å²) in [6.45, 7) is 1.10. The summed E-state index contributed by atoms with van der Waals surface area (Å²) in [5.74, 6) is -0.176. The maximum atomic E-state index is 12.3. The minimum Gasteiger partial charge on any atom is -0.378 e. The zero-order valence-electron chi connectivity index (χ0n) is 9.44. The molecule has 0 saturated carbocycles. The van der Waals surface area contributed by atoms with Gasteiger partial charge in [-0.2, -0.15) is 0 Å². The second kappa shape index (κ2) is 4.32. The monoisotopic (exact) mass is 330 g/mol. The number of nitrogens with zero attached hydrogens (tertiary/aromatic N) is 1. The number of carbonyl (C=O) groups is 2. The van der Waals surface area contributed by atoms with Crippen molar-refractivity contribution in [1.82, 2.24) is 10.2 Å². The lowest BCUT2D eigenvalue weighted by atomic mass is 9.99. The Morgan fingerprint density at radius 1 is 1.56 bits per heavy atom. The number of ether oxygens (including phenoxy) is 1. The average molecular weight is 331 g/mol. The summed E-state index contributed by atoms with van der Waals surface area (Å²) in [4.78, 5) is 26.5. The number of hydrogen-bond acceptors (Lipinski definition) is 4. The lowest BCUT2D eigenvalue weighted by Gasteiger charge is -2.18. The van der Waals surface area contributed by atoms with Crippen LogP contribution in [0.4, 0.5) is 4.79 Å². The average Bonchev–Trinajstić information content (AvgIpc) is 3.00. The Bertz CT molecular complexity index is 510. The summed E-state index contributed by atoms with van der Waals surface area (Å²) in [5, 5.41) is 4.69. The standard InChI is InChI=1S/C11H11BrN2O3S/c12-7-1-4-18-8(7)5-14-9(15)11(13-10(14)16)2-3-17-6-11/h1,4H,2-3,5-6H2,(H,13,16)/t11-/m0/s1. The van der Waals surface area contributed by atoms with Crippen LogP contribution in [0.1, 0.15) is 11.3 Å². The molecule has 3 rings (SSSR count). The fourth-order valence-corrected chi connectivity index (χ4v) is 3.70. The molecule has 3 amide bonds. The van der Waals surface area contributed by atoms with E-state index in [0.717, 1.165) is 9.35 Å². The predicted octanol–water partition coefficient (Wildman–Crippen LogP) is 1.72. The molecule has 2 aliphatic rings. The largest absolute Gasteiger partial charge is 0.378 e. The van der Waals surface area contributed by atoms with E-state index < -0.39 is 5.54 Å². The van der Waals surface area contributed by atoms with Gasteiger partial charge in [0.05, 0.1) is 13.2 Å². The van der Waals surface area contributed by atoms with E-state index in [1.54, 1.807) is 0 Å². The second-order valence-corrected chi connectivity index (χ2v) is 6.25. The van der Waals surface area contributed by atoms with Gasteiger partial charge in [-0.1, -0.05) is 0 Å². The fourth-order valence-electron chi connectivity index (χ4n) is 2.23. The van der Waals surface area contributed by atoms with E-state index >= 15 is 0 Å². The van der Waals surface area contributed by atoms with E-state index in [2.05, 4.69) is 21.2 Å². The van der Waals surface area contributed by atoms with Gasteiger partial charge in [0.2, 0.25) is 0 Å². The van der Waals surface area contributed by atoms with E-state index in [1.807, 2.05) is 11.4 Å². The van der Waals surface area contributed by atoms with Crippen LogP contribution in [-0.4, -0.2) is 35.6 Å². The van der Waals surface area contributed by atoms with Gasteiger partial charge in [-0.25, -0.2) is 4.79 Å². The highest BCUT2D eigenvalue weighted by Crippen LogP contribution is 2.30. The molecule has 0 bridgehead atoms. The molecule has 1 aromatic heterocycles. The summed E-state index contributed by atoms with van der Waals surface area (Å²) < 4.78 is 6.17. The molecule has 1 N–H and O–H groups in total. The molecule has 3 heterocycles. The van der Waals surface area contributed by atoms with Gasteiger partial charge in [-0.05, 0) is 27.4 Å². The van der Waals surface area contributed by atoms with Crippen LogP contribution in [0.3, 0.4) is 0 Å². The molecule has 2 aliphatic heterocycles. The Kier molecular flexibility index (Phi) is 2.91. The molecular formula is C11H11BrN2O3S. The van der Waals surface area contributed by atoms with Crippen molar-refractivity contribution in [2.75, 3.05) is 13.2 Å². The third-order valence-electron chi connectivity index (χ3n) is 3.26. The zero-order valence-corrected chi connectivity index (χ0v) is 11.8. The lowest BCUT2D eigenvalue weighted by molar-refractivity contribution is -0.131. The summed E-state index contributed by atoms with van der Waals surface area (Å²) in [5.41, 5.74) is -0.819. The first-order valence-electron chi connectivity index (χ1n) is 5.56. The molecule has 0 radical (unpaired) electrons. The van der Waals surface area contributed by atoms with Crippen LogP contribution in [-0.2, 0) is 16.1 Å². The van der Waals surface area contributed by atoms with Crippen molar-refractivity contribution in [3.63, 3.8) is 0 Å². The van der Waals surface area contributed by atoms with E-state index in [9.17, 15) is 9.59 Å². The van der Waals surface area contributed by atoms with Gasteiger partial charge in [-0.3, -0.25) is 9.69 Å². The van der Waals surface area contributed by atoms with E-state index in [0.29, 0.717) is 19.6 Å². The third kappa shape index (κ3) is 1.77. The molecular weight excluding hydrogens is 320 g/mol. The minimum atomic E-state index is -0.819. The Hall–Kier alpha value is -0.920. The number of imide groups is 1. The van der Waals surface area contributed by atoms with Gasteiger partial charge in [0.15, 0.2) is 0 Å². The van der Waals surface area contributed by atoms with E-state index in [4.69, 9.17) is 4.74 Å². The molecule has 0 aliphatic carbocycles. The molecule has 1 aromatic rings. The number of amides is 3. The number of hydrogen-bond donors (Lipinski definition) is 1. The van der Waals surface area contributed by atoms with Crippen LogP contribution in [0.5, 0.6) is 0 Å². The Morgan fingerprint density at radius 3 is 3.00 bits per heavy atom. The van der Waals surface area contributed by atoms with Crippen molar-refractivity contribution < 1.29 is 14.3 Å². The summed E-state index contributed by atoms with van der Waals surface area (Å²) in [6.07, 6.45) is 0.555. The highest BCUT2D eigenvalue weighted by Gasteiger charge is 2.53. The molecule has 18 heavy (non-hydrogen) atoms. The second-order valence-electron chi connectivity index (χ2n) is 4.40. The third-order valence-corrected chi connectivity index (χ3v) is 5.17. The number of nitrogens with one attached hydrogen (secondary N) is 1. The summed E-state index contributed by atoms with van der Waals surface area (Å²) >= 11 is 4.92. The molecule has 0 aromatic carbocycles. The number of carbonyl (C=O) groups excluding carboxylic acids is 2. The van der Waals surface area contributed by atoms with Crippen LogP contribution in [0.25, 0.3) is 0 Å². The van der Waals surface area contributed by atoms with Gasteiger partial charge in [0.25, 0.3) is 5.91 Å². The van der Waals surface area contributed by atoms with Gasteiger partial charge in [0, 0.05) is 22.4 Å². The molecule has 96 valence electrons. The van der Waals surface area contributed by atoms with Crippen molar-refractivity contribution in [3.8, 4) is 0 Å². The highest BCUT2D eigenvalue weighted by molar-refractivity contribution is 9.10. The topological polar surface area (TPSA) is 58.6 Å². The lowest BCUT2D eigenvalue weighted by Crippen LogP contribution is -2.47. The van der Waals surface area contributed by atoms with Crippen molar-refractivity contribution in [3.05, 3.63) is 20.8 Å². The van der Waals surface area contributed by atoms with Crippen LogP contribution in [0.2, 0.25) is 0 Å². The Labute approximate surface area is 116 Å². The van der Waals surface area contributed by atoms with Crippen molar-refractivity contribution >= 4 is 39.2 Å². The maximum Gasteiger partial charge on any atom is 0.325 e. The number of halogens is 1. The smallest absolute Gasteiger partial charge is 0.325 e. The molecule has 1 atom stereocenters. The summed E-state index contributed by atoms with van der Waals surface area (Å²) in [6, 6.07) is 1.58. The van der Waals surface area contributed by atoms with Gasteiger partial charge in [0.1, 0.15) is 5.54 Å². The summed E-state index contributed by atoms with van der Waals surface area (Å²) in [7, 11) is 0. The van der Waals surface area contributed by atoms with Crippen molar-refractivity contribution in [2.45, 2.75) is 18.5 Å². The van der Waals surface area contributed by atoms with Crippen molar-refractivity contribution in [1.29, 1.82) is 0 Å². The Balaban J connectivity index is 1.83. The van der Waals surface area contributed by atoms with E-state index in [-0.39, 0.29) is 18.5 Å². The molecule has 2 saturated heterocycles. The van der Waals surface area contributed by atoms with Gasteiger partial charge >= 0.3 is 6.03 Å². The van der Waals surface area contributed by atoms with Gasteiger partial charge < -0.3 is 10.1 Å². The fraction of sp³-hybridized carbons (Fsp3) is 0.455. The van der Waals surface area contributed by atoms with Crippen LogP contribution >= 0.6 is 27.3 Å². The molecule has 1 spiro atoms. The van der Waals surface area contributed by atoms with Crippen LogP contribution in [0.15, 0.2) is 15.9 Å². The van der Waals surface area contributed by atoms with Crippen LogP contribution < -0.4 is 5.32 Å². The number of urea groups is 1. The normalized spacial score (nSPS) is 27.3. The SMILES string of the molecule is O=C1N[C@]2(CCOC2)C(=O)N1Cc1sccc1Br. The van der Waals surface area contributed by atoms with Crippen LogP contribution in [0, 0.1) is 0 Å². The predicted molar refractivity (Wildman–Crippen MR) is 69.3 cm³/mol. The molecule has 5 nitrogen and oxygen atoms in total. The number of thiophene rings is 1. The quantitative estimate of drug-likeness (QED) is 0.840. The zero-order chi connectivity index (χ0) is 12.8. The first-order valence-corrected chi connectivity index (χ1v) is 7.23. The molecule has 7 heteroatoms. The van der Waals surface area contributed by atoms with Crippen molar-refractivity contribution in [2.24, 2.45) is 0 Å². The maximum absolute atomic E-state index is 12.3. The Morgan fingerprint density at radius 2 is 2.39 bits per heavy atom. The number of rotatable bonds is 2. The molecule has 0 unspecified atom stereocenters. The highest BCUT2D eigenvalue weighted by atomic mass is 79.9. The first-order chi connectivity index (χ1) is 8.62. The molecule has 2 fully saturated rings. The van der Waals surface area contributed by atoms with Gasteiger partial charge in [-0.15, -0.1) is 11.3 Å². The minimum absolute atomic E-state index is 0.176. The van der Waals surface area contributed by atoms with E-state index in [1.165, 1.54) is 16.2 Å². The first kappa shape index (κ1) is 12.1.